The first-order valence-electron chi connectivity index (χ1n) is 18.7. The number of rotatable bonds is 6. The highest BCUT2D eigenvalue weighted by Gasteiger charge is 2.20. The average molecular weight is 734 g/mol. The van der Waals surface area contributed by atoms with Gasteiger partial charge in [0.1, 0.15) is 11.2 Å². The third-order valence-electron chi connectivity index (χ3n) is 10.6. The van der Waals surface area contributed by atoms with Crippen molar-refractivity contribution in [1.29, 1.82) is 0 Å². The largest absolute Gasteiger partial charge is 0.456 e. The van der Waals surface area contributed by atoms with Crippen LogP contribution in [0.1, 0.15) is 0 Å². The molecule has 3 heterocycles. The molecule has 11 aromatic rings. The molecule has 0 aliphatic carbocycles. The number of benzene rings is 8. The van der Waals surface area contributed by atoms with E-state index in [-0.39, 0.29) is 0 Å². The van der Waals surface area contributed by atoms with E-state index in [2.05, 4.69) is 140 Å². The quantitative estimate of drug-likeness (QED) is 0.171. The van der Waals surface area contributed by atoms with Crippen LogP contribution in [-0.2, 0) is 0 Å². The Balaban J connectivity index is 1.04. The lowest BCUT2D eigenvalue weighted by molar-refractivity contribution is 0.669. The Morgan fingerprint density at radius 2 is 0.893 bits per heavy atom. The van der Waals surface area contributed by atoms with Crippen LogP contribution >= 0.6 is 11.3 Å². The minimum absolute atomic E-state index is 0.600. The van der Waals surface area contributed by atoms with Gasteiger partial charge >= 0.3 is 0 Å². The number of thiophene rings is 1. The molecule has 0 aliphatic rings. The molecule has 8 aromatic carbocycles. The highest BCUT2D eigenvalue weighted by molar-refractivity contribution is 7.26. The first-order valence-corrected chi connectivity index (χ1v) is 19.5. The van der Waals surface area contributed by atoms with Gasteiger partial charge in [0.05, 0.1) is 0 Å². The second-order valence-corrected chi connectivity index (χ2v) is 15.0. The fraction of sp³-hybridized carbons (Fsp3) is 0. The van der Waals surface area contributed by atoms with Gasteiger partial charge in [-0.2, -0.15) is 0 Å². The summed E-state index contributed by atoms with van der Waals surface area (Å²) in [5, 5.41) is 4.57. The zero-order chi connectivity index (χ0) is 37.0. The lowest BCUT2D eigenvalue weighted by Crippen LogP contribution is -2.00. The fourth-order valence-corrected chi connectivity index (χ4v) is 9.16. The summed E-state index contributed by atoms with van der Waals surface area (Å²) >= 11 is 1.85. The van der Waals surface area contributed by atoms with Gasteiger partial charge in [0.15, 0.2) is 17.5 Å². The molecule has 262 valence electrons. The Morgan fingerprint density at radius 1 is 0.339 bits per heavy atom. The standard InChI is InChI=1S/C51H31N3OS/c1-4-13-32(14-5-1)33-25-27-36(28-26-33)50-52-49(35-17-8-3-9-18-35)53-51(54-50)42-22-11-23-43-46(42)40-30-29-37(31-44(40)55-43)39-20-10-21-41-47-38(34-15-6-2-7-16-34)19-12-24-45(47)56-48(39)41/h1-31H. The molecule has 56 heavy (non-hydrogen) atoms. The highest BCUT2D eigenvalue weighted by atomic mass is 32.1. The van der Waals surface area contributed by atoms with E-state index in [1.807, 2.05) is 59.9 Å². The monoisotopic (exact) mass is 733 g/mol. The van der Waals surface area contributed by atoms with E-state index in [1.165, 1.54) is 42.4 Å². The molecule has 0 fully saturated rings. The number of furan rings is 1. The topological polar surface area (TPSA) is 51.8 Å². The third kappa shape index (κ3) is 5.48. The molecular formula is C51H31N3OS. The van der Waals surface area contributed by atoms with Gasteiger partial charge in [-0.3, -0.25) is 0 Å². The molecule has 0 unspecified atom stereocenters. The van der Waals surface area contributed by atoms with Crippen LogP contribution in [0.2, 0.25) is 0 Å². The smallest absolute Gasteiger partial charge is 0.164 e. The van der Waals surface area contributed by atoms with Crippen molar-refractivity contribution in [3.05, 3.63) is 188 Å². The Hall–Kier alpha value is -7.21. The van der Waals surface area contributed by atoms with Crippen molar-refractivity contribution in [2.24, 2.45) is 0 Å². The Morgan fingerprint density at radius 3 is 1.64 bits per heavy atom. The van der Waals surface area contributed by atoms with Crippen LogP contribution in [0.4, 0.5) is 0 Å². The Kier molecular flexibility index (Phi) is 7.64. The summed E-state index contributed by atoms with van der Waals surface area (Å²) in [5.41, 5.74) is 11.5. The minimum atomic E-state index is 0.600. The molecule has 5 heteroatoms. The minimum Gasteiger partial charge on any atom is -0.456 e. The van der Waals surface area contributed by atoms with E-state index in [4.69, 9.17) is 19.4 Å². The predicted molar refractivity (Wildman–Crippen MR) is 233 cm³/mol. The van der Waals surface area contributed by atoms with Crippen LogP contribution in [0, 0.1) is 0 Å². The molecule has 0 bridgehead atoms. The molecule has 3 aromatic heterocycles. The average Bonchev–Trinajstić information content (AvgIpc) is 3.86. The van der Waals surface area contributed by atoms with Crippen LogP contribution in [0.25, 0.3) is 110 Å². The molecule has 0 radical (unpaired) electrons. The second kappa shape index (κ2) is 13.3. The van der Waals surface area contributed by atoms with Gasteiger partial charge < -0.3 is 4.42 Å². The molecule has 0 atom stereocenters. The van der Waals surface area contributed by atoms with Crippen LogP contribution in [-0.4, -0.2) is 15.0 Å². The van der Waals surface area contributed by atoms with E-state index in [0.717, 1.165) is 49.8 Å². The SMILES string of the molecule is c1ccc(-c2ccc(-c3nc(-c4ccccc4)nc(-c4cccc5oc6cc(-c7cccc8c7sc7cccc(-c9ccccc9)c78)ccc6c45)n3)cc2)cc1. The van der Waals surface area contributed by atoms with Crippen molar-refractivity contribution < 1.29 is 4.42 Å². The zero-order valence-corrected chi connectivity index (χ0v) is 30.9. The molecule has 0 saturated heterocycles. The Labute approximate surface area is 327 Å². The Bertz CT molecular complexity index is 3230. The molecule has 4 nitrogen and oxygen atoms in total. The molecule has 0 spiro atoms. The van der Waals surface area contributed by atoms with Gasteiger partial charge in [0, 0.05) is 47.6 Å². The van der Waals surface area contributed by atoms with Gasteiger partial charge in [-0.15, -0.1) is 11.3 Å². The summed E-state index contributed by atoms with van der Waals surface area (Å²) in [4.78, 5) is 15.2. The van der Waals surface area contributed by atoms with Crippen LogP contribution in [0.5, 0.6) is 0 Å². The highest BCUT2D eigenvalue weighted by Crippen LogP contribution is 2.45. The number of hydrogen-bond acceptors (Lipinski definition) is 5. The van der Waals surface area contributed by atoms with Crippen LogP contribution in [0.15, 0.2) is 192 Å². The summed E-state index contributed by atoms with van der Waals surface area (Å²) in [6, 6.07) is 65.6. The van der Waals surface area contributed by atoms with E-state index >= 15 is 0 Å². The van der Waals surface area contributed by atoms with Crippen molar-refractivity contribution in [3.8, 4) is 67.5 Å². The van der Waals surface area contributed by atoms with Gasteiger partial charge in [-0.25, -0.2) is 15.0 Å². The lowest BCUT2D eigenvalue weighted by Gasteiger charge is -2.10. The van der Waals surface area contributed by atoms with E-state index in [9.17, 15) is 0 Å². The van der Waals surface area contributed by atoms with Gasteiger partial charge in [-0.05, 0) is 57.6 Å². The number of hydrogen-bond donors (Lipinski definition) is 0. The first kappa shape index (κ1) is 32.2. The molecule has 0 saturated carbocycles. The number of aromatic nitrogens is 3. The van der Waals surface area contributed by atoms with Crippen molar-refractivity contribution in [3.63, 3.8) is 0 Å². The summed E-state index contributed by atoms with van der Waals surface area (Å²) in [6.07, 6.45) is 0. The van der Waals surface area contributed by atoms with E-state index < -0.39 is 0 Å². The normalized spacial score (nSPS) is 11.6. The van der Waals surface area contributed by atoms with E-state index in [1.54, 1.807) is 0 Å². The zero-order valence-electron chi connectivity index (χ0n) is 30.1. The van der Waals surface area contributed by atoms with Crippen molar-refractivity contribution in [2.45, 2.75) is 0 Å². The van der Waals surface area contributed by atoms with Crippen molar-refractivity contribution in [2.75, 3.05) is 0 Å². The lowest BCUT2D eigenvalue weighted by atomic mass is 9.97. The summed E-state index contributed by atoms with van der Waals surface area (Å²) in [7, 11) is 0. The maximum Gasteiger partial charge on any atom is 0.164 e. The van der Waals surface area contributed by atoms with Crippen molar-refractivity contribution in [1.82, 2.24) is 15.0 Å². The van der Waals surface area contributed by atoms with Gasteiger partial charge in [-0.1, -0.05) is 164 Å². The molecule has 0 amide bonds. The summed E-state index contributed by atoms with van der Waals surface area (Å²) in [6.45, 7) is 0. The maximum absolute atomic E-state index is 6.64. The molecule has 0 N–H and O–H groups in total. The predicted octanol–water partition coefficient (Wildman–Crippen LogP) is 14.1. The number of fused-ring (bicyclic) bond motifs is 6. The van der Waals surface area contributed by atoms with Crippen LogP contribution < -0.4 is 0 Å². The molecular weight excluding hydrogens is 703 g/mol. The third-order valence-corrected chi connectivity index (χ3v) is 11.8. The van der Waals surface area contributed by atoms with Gasteiger partial charge in [0.25, 0.3) is 0 Å². The first-order chi connectivity index (χ1) is 27.7. The number of nitrogens with zero attached hydrogens (tertiary/aromatic N) is 3. The van der Waals surface area contributed by atoms with Crippen LogP contribution in [0.3, 0.4) is 0 Å². The van der Waals surface area contributed by atoms with Crippen molar-refractivity contribution >= 4 is 53.4 Å². The maximum atomic E-state index is 6.64. The van der Waals surface area contributed by atoms with Gasteiger partial charge in [0.2, 0.25) is 0 Å². The fourth-order valence-electron chi connectivity index (χ4n) is 7.90. The summed E-state index contributed by atoms with van der Waals surface area (Å²) < 4.78 is 9.19. The summed E-state index contributed by atoms with van der Waals surface area (Å²) in [5.74, 6) is 1.84. The second-order valence-electron chi connectivity index (χ2n) is 13.9. The molecule has 11 rings (SSSR count). The van der Waals surface area contributed by atoms with E-state index in [0.29, 0.717) is 17.5 Å². The molecule has 0 aliphatic heterocycles.